The van der Waals surface area contributed by atoms with Crippen molar-refractivity contribution in [3.05, 3.63) is 17.0 Å². The third-order valence-electron chi connectivity index (χ3n) is 2.54. The van der Waals surface area contributed by atoms with Gasteiger partial charge in [-0.1, -0.05) is 0 Å². The first-order chi connectivity index (χ1) is 6.25. The van der Waals surface area contributed by atoms with Crippen LogP contribution < -0.4 is 4.90 Å². The first-order valence-corrected chi connectivity index (χ1v) is 5.57. The predicted molar refractivity (Wildman–Crippen MR) is 58.8 cm³/mol. The zero-order chi connectivity index (χ0) is 9.26. The molecule has 1 fully saturated rings. The third kappa shape index (κ3) is 2.03. The molecule has 13 heavy (non-hydrogen) atoms. The normalized spacial score (nSPS) is 19.4. The number of aryl methyl sites for hydroxylation is 1. The molecule has 0 N–H and O–H groups in total. The Balaban J connectivity index is 2.02. The molecule has 0 radical (unpaired) electrons. The van der Waals surface area contributed by atoms with Crippen molar-refractivity contribution >= 4 is 16.3 Å². The van der Waals surface area contributed by atoms with Gasteiger partial charge in [-0.2, -0.15) is 0 Å². The second-order valence-electron chi connectivity index (χ2n) is 3.67. The smallest absolute Gasteiger partial charge is 0.0912 e. The molecule has 0 saturated carbocycles. The summed E-state index contributed by atoms with van der Waals surface area (Å²) in [5, 5.41) is 1.44. The quantitative estimate of drug-likeness (QED) is 0.676. The summed E-state index contributed by atoms with van der Waals surface area (Å²) in [6.07, 6.45) is 0. The maximum absolute atomic E-state index is 2.48. The molecule has 0 amide bonds. The van der Waals surface area contributed by atoms with E-state index in [9.17, 15) is 0 Å². The Morgan fingerprint density at radius 1 is 1.15 bits per heavy atom. The standard InChI is InChI=1S/C10H16N2S/c1-9-3-4-10(13-9)12-7-5-11(2)6-8-12/h3-4H,5-8H2,1-2H3. The van der Waals surface area contributed by atoms with E-state index in [4.69, 9.17) is 0 Å². The highest BCUT2D eigenvalue weighted by Crippen LogP contribution is 2.25. The second-order valence-corrected chi connectivity index (χ2v) is 4.94. The molecule has 2 heterocycles. The van der Waals surface area contributed by atoms with Gasteiger partial charge in [0, 0.05) is 31.1 Å². The van der Waals surface area contributed by atoms with Gasteiger partial charge >= 0.3 is 0 Å². The van der Waals surface area contributed by atoms with Gasteiger partial charge < -0.3 is 9.80 Å². The zero-order valence-electron chi connectivity index (χ0n) is 8.29. The summed E-state index contributed by atoms with van der Waals surface area (Å²) in [6.45, 7) is 6.91. The summed E-state index contributed by atoms with van der Waals surface area (Å²) in [4.78, 5) is 6.28. The third-order valence-corrected chi connectivity index (χ3v) is 3.60. The first kappa shape index (κ1) is 9.03. The van der Waals surface area contributed by atoms with E-state index >= 15 is 0 Å². The van der Waals surface area contributed by atoms with E-state index in [1.807, 2.05) is 11.3 Å². The number of hydrogen-bond donors (Lipinski definition) is 0. The van der Waals surface area contributed by atoms with E-state index in [0.29, 0.717) is 0 Å². The predicted octanol–water partition coefficient (Wildman–Crippen LogP) is 1.81. The van der Waals surface area contributed by atoms with Crippen molar-refractivity contribution in [3.8, 4) is 0 Å². The largest absolute Gasteiger partial charge is 0.361 e. The van der Waals surface area contributed by atoms with Crippen molar-refractivity contribution in [1.82, 2.24) is 4.90 Å². The molecular formula is C10H16N2S. The molecule has 1 aliphatic rings. The summed E-state index contributed by atoms with van der Waals surface area (Å²) in [5.41, 5.74) is 0. The minimum absolute atomic E-state index is 1.18. The Kier molecular flexibility index (Phi) is 2.56. The van der Waals surface area contributed by atoms with Gasteiger partial charge in [-0.15, -0.1) is 11.3 Å². The average Bonchev–Trinajstić information content (AvgIpc) is 2.53. The minimum Gasteiger partial charge on any atom is -0.361 e. The molecular weight excluding hydrogens is 180 g/mol. The van der Waals surface area contributed by atoms with Crippen molar-refractivity contribution in [1.29, 1.82) is 0 Å². The molecule has 2 rings (SSSR count). The number of piperazine rings is 1. The second kappa shape index (κ2) is 3.68. The molecule has 0 aromatic carbocycles. The van der Waals surface area contributed by atoms with Crippen LogP contribution in [0.5, 0.6) is 0 Å². The van der Waals surface area contributed by atoms with Crippen molar-refractivity contribution in [2.45, 2.75) is 6.92 Å². The molecule has 0 spiro atoms. The fraction of sp³-hybridized carbons (Fsp3) is 0.600. The van der Waals surface area contributed by atoms with Crippen LogP contribution in [0.2, 0.25) is 0 Å². The molecule has 1 aliphatic heterocycles. The van der Waals surface area contributed by atoms with Gasteiger partial charge in [-0.25, -0.2) is 0 Å². The van der Waals surface area contributed by atoms with Crippen LogP contribution in [0.15, 0.2) is 12.1 Å². The number of hydrogen-bond acceptors (Lipinski definition) is 3. The van der Waals surface area contributed by atoms with Crippen molar-refractivity contribution in [3.63, 3.8) is 0 Å². The molecule has 2 nitrogen and oxygen atoms in total. The Morgan fingerprint density at radius 3 is 2.38 bits per heavy atom. The molecule has 0 atom stereocenters. The fourth-order valence-corrected chi connectivity index (χ4v) is 2.53. The molecule has 0 bridgehead atoms. The number of thiophene rings is 1. The molecule has 3 heteroatoms. The monoisotopic (exact) mass is 196 g/mol. The van der Waals surface area contributed by atoms with Gasteiger partial charge in [0.25, 0.3) is 0 Å². The Labute approximate surface area is 83.8 Å². The topological polar surface area (TPSA) is 6.48 Å². The van der Waals surface area contributed by atoms with Crippen LogP contribution in [-0.4, -0.2) is 38.1 Å². The number of anilines is 1. The summed E-state index contributed by atoms with van der Waals surface area (Å²) >= 11 is 1.90. The highest BCUT2D eigenvalue weighted by molar-refractivity contribution is 7.16. The number of rotatable bonds is 1. The van der Waals surface area contributed by atoms with Gasteiger partial charge in [0.1, 0.15) is 0 Å². The minimum atomic E-state index is 1.18. The highest BCUT2D eigenvalue weighted by Gasteiger charge is 2.14. The Hall–Kier alpha value is -0.540. The molecule has 1 aromatic heterocycles. The van der Waals surface area contributed by atoms with E-state index in [2.05, 4.69) is 35.9 Å². The lowest BCUT2D eigenvalue weighted by molar-refractivity contribution is 0.313. The van der Waals surface area contributed by atoms with Crippen molar-refractivity contribution < 1.29 is 0 Å². The molecule has 1 saturated heterocycles. The first-order valence-electron chi connectivity index (χ1n) is 4.75. The Bertz CT molecular complexity index is 274. The average molecular weight is 196 g/mol. The summed E-state index contributed by atoms with van der Waals surface area (Å²) in [6, 6.07) is 4.45. The van der Waals surface area contributed by atoms with Gasteiger partial charge in [-0.05, 0) is 26.1 Å². The van der Waals surface area contributed by atoms with Gasteiger partial charge in [0.2, 0.25) is 0 Å². The van der Waals surface area contributed by atoms with E-state index < -0.39 is 0 Å². The van der Waals surface area contributed by atoms with Crippen LogP contribution in [-0.2, 0) is 0 Å². The number of nitrogens with zero attached hydrogens (tertiary/aromatic N) is 2. The summed E-state index contributed by atoms with van der Waals surface area (Å²) in [5.74, 6) is 0. The van der Waals surface area contributed by atoms with Crippen molar-refractivity contribution in [2.75, 3.05) is 38.1 Å². The summed E-state index contributed by atoms with van der Waals surface area (Å²) in [7, 11) is 2.19. The van der Waals surface area contributed by atoms with Crippen LogP contribution >= 0.6 is 11.3 Å². The van der Waals surface area contributed by atoms with Crippen LogP contribution in [0.3, 0.4) is 0 Å². The van der Waals surface area contributed by atoms with E-state index in [1.165, 1.54) is 36.1 Å². The van der Waals surface area contributed by atoms with Gasteiger partial charge in [0.05, 0.1) is 5.00 Å². The van der Waals surface area contributed by atoms with E-state index in [0.717, 1.165) is 0 Å². The van der Waals surface area contributed by atoms with Crippen LogP contribution in [0.25, 0.3) is 0 Å². The van der Waals surface area contributed by atoms with Gasteiger partial charge in [0.15, 0.2) is 0 Å². The maximum Gasteiger partial charge on any atom is 0.0912 e. The summed E-state index contributed by atoms with van der Waals surface area (Å²) < 4.78 is 0. The van der Waals surface area contributed by atoms with Crippen LogP contribution in [0.4, 0.5) is 5.00 Å². The lowest BCUT2D eigenvalue weighted by atomic mass is 10.3. The molecule has 1 aromatic rings. The zero-order valence-corrected chi connectivity index (χ0v) is 9.10. The highest BCUT2D eigenvalue weighted by atomic mass is 32.1. The fourth-order valence-electron chi connectivity index (χ4n) is 1.62. The van der Waals surface area contributed by atoms with Crippen LogP contribution in [0, 0.1) is 6.92 Å². The maximum atomic E-state index is 2.48. The van der Waals surface area contributed by atoms with Crippen molar-refractivity contribution in [2.24, 2.45) is 0 Å². The number of likely N-dealkylation sites (N-methyl/N-ethyl adjacent to an activating group) is 1. The lowest BCUT2D eigenvalue weighted by Crippen LogP contribution is -2.44. The van der Waals surface area contributed by atoms with E-state index in [-0.39, 0.29) is 0 Å². The lowest BCUT2D eigenvalue weighted by Gasteiger charge is -2.32. The van der Waals surface area contributed by atoms with Crippen LogP contribution in [0.1, 0.15) is 4.88 Å². The molecule has 0 unspecified atom stereocenters. The van der Waals surface area contributed by atoms with Gasteiger partial charge in [-0.3, -0.25) is 0 Å². The Morgan fingerprint density at radius 2 is 1.85 bits per heavy atom. The molecule has 0 aliphatic carbocycles. The SMILES string of the molecule is Cc1ccc(N2CCN(C)CC2)s1. The van der Waals surface area contributed by atoms with E-state index in [1.54, 1.807) is 0 Å². The molecule has 72 valence electrons.